The molecule has 31 heavy (non-hydrogen) atoms. The molecule has 0 aromatic heterocycles. The van der Waals surface area contributed by atoms with Crippen molar-refractivity contribution in [3.63, 3.8) is 0 Å². The van der Waals surface area contributed by atoms with Crippen LogP contribution in [0.4, 0.5) is 0 Å². The Morgan fingerprint density at radius 1 is 1.06 bits per heavy atom. The van der Waals surface area contributed by atoms with Crippen LogP contribution in [0.2, 0.25) is 0 Å². The van der Waals surface area contributed by atoms with Crippen LogP contribution in [0, 0.1) is 0 Å². The van der Waals surface area contributed by atoms with Gasteiger partial charge in [-0.2, -0.15) is 4.31 Å². The molecule has 0 radical (unpaired) electrons. The summed E-state index contributed by atoms with van der Waals surface area (Å²) in [5, 5.41) is 2.86. The van der Waals surface area contributed by atoms with E-state index in [0.29, 0.717) is 31.0 Å². The Kier molecular flexibility index (Phi) is 9.48. The van der Waals surface area contributed by atoms with Crippen molar-refractivity contribution in [2.45, 2.75) is 44.7 Å². The zero-order chi connectivity index (χ0) is 22.9. The topological polar surface area (TPSA) is 84.9 Å². The van der Waals surface area contributed by atoms with Gasteiger partial charge < -0.3 is 14.8 Å². The van der Waals surface area contributed by atoms with Gasteiger partial charge in [-0.25, -0.2) is 8.42 Å². The first-order chi connectivity index (χ1) is 14.8. The summed E-state index contributed by atoms with van der Waals surface area (Å²) >= 11 is 0. The number of hydrogen-bond donors (Lipinski definition) is 1. The highest BCUT2D eigenvalue weighted by Gasteiger charge is 2.23. The highest BCUT2D eigenvalue weighted by Crippen LogP contribution is 2.21. The smallest absolute Gasteiger partial charge is 0.251 e. The van der Waals surface area contributed by atoms with Crippen LogP contribution in [-0.4, -0.2) is 51.5 Å². The number of nitrogens with one attached hydrogen (secondary N) is 1. The molecule has 0 saturated carbocycles. The van der Waals surface area contributed by atoms with Crippen LogP contribution in [0.3, 0.4) is 0 Å². The Hall–Kier alpha value is -2.42. The lowest BCUT2D eigenvalue weighted by molar-refractivity contribution is 0.0757. The second-order valence-corrected chi connectivity index (χ2v) is 9.27. The van der Waals surface area contributed by atoms with Gasteiger partial charge in [-0.15, -0.1) is 0 Å². The van der Waals surface area contributed by atoms with Crippen molar-refractivity contribution in [3.8, 4) is 5.75 Å². The number of sulfonamides is 1. The van der Waals surface area contributed by atoms with Crippen LogP contribution in [-0.2, 0) is 21.3 Å². The maximum absolute atomic E-state index is 13.0. The molecule has 1 N–H and O–H groups in total. The minimum atomic E-state index is -3.64. The van der Waals surface area contributed by atoms with Gasteiger partial charge in [0, 0.05) is 31.8 Å². The Balaban J connectivity index is 1.97. The number of benzene rings is 2. The van der Waals surface area contributed by atoms with E-state index in [1.54, 1.807) is 43.3 Å². The van der Waals surface area contributed by atoms with Crippen molar-refractivity contribution in [1.29, 1.82) is 0 Å². The molecule has 0 heterocycles. The van der Waals surface area contributed by atoms with Gasteiger partial charge in [0.1, 0.15) is 5.75 Å². The lowest BCUT2D eigenvalue weighted by Gasteiger charge is -2.21. The molecule has 0 spiro atoms. The number of hydrogen-bond acceptors (Lipinski definition) is 5. The van der Waals surface area contributed by atoms with E-state index in [1.807, 2.05) is 13.8 Å². The third-order valence-corrected chi connectivity index (χ3v) is 6.62. The number of amides is 1. The largest absolute Gasteiger partial charge is 0.497 e. The van der Waals surface area contributed by atoms with Crippen LogP contribution in [0.5, 0.6) is 5.75 Å². The van der Waals surface area contributed by atoms with Crippen LogP contribution < -0.4 is 10.1 Å². The summed E-state index contributed by atoms with van der Waals surface area (Å²) in [5.74, 6) is 0.442. The molecule has 0 saturated heterocycles. The van der Waals surface area contributed by atoms with Gasteiger partial charge in [0.05, 0.1) is 18.1 Å². The molecule has 0 aliphatic carbocycles. The van der Waals surface area contributed by atoms with Gasteiger partial charge >= 0.3 is 0 Å². The molecule has 0 unspecified atom stereocenters. The lowest BCUT2D eigenvalue weighted by atomic mass is 10.1. The molecule has 170 valence electrons. The average Bonchev–Trinajstić information content (AvgIpc) is 2.77. The summed E-state index contributed by atoms with van der Waals surface area (Å²) in [5.41, 5.74) is 1.34. The summed E-state index contributed by atoms with van der Waals surface area (Å²) in [6, 6.07) is 13.3. The van der Waals surface area contributed by atoms with Crippen LogP contribution in [0.15, 0.2) is 53.4 Å². The highest BCUT2D eigenvalue weighted by molar-refractivity contribution is 7.89. The lowest BCUT2D eigenvalue weighted by Crippen LogP contribution is -2.30. The predicted molar refractivity (Wildman–Crippen MR) is 121 cm³/mol. The van der Waals surface area contributed by atoms with E-state index >= 15 is 0 Å². The fraction of sp³-hybridized carbons (Fsp3) is 0.435. The molecular formula is C23H32N2O5S. The van der Waals surface area contributed by atoms with Gasteiger partial charge in [0.15, 0.2) is 0 Å². The molecule has 2 aromatic rings. The Morgan fingerprint density at radius 3 is 2.26 bits per heavy atom. The third-order valence-electron chi connectivity index (χ3n) is 4.68. The summed E-state index contributed by atoms with van der Waals surface area (Å²) in [6.07, 6.45) is 0.927. The van der Waals surface area contributed by atoms with Crippen molar-refractivity contribution in [2.24, 2.45) is 0 Å². The molecular weight excluding hydrogens is 416 g/mol. The van der Waals surface area contributed by atoms with E-state index in [9.17, 15) is 13.2 Å². The Labute approximate surface area is 185 Å². The minimum Gasteiger partial charge on any atom is -0.497 e. The van der Waals surface area contributed by atoms with Gasteiger partial charge in [0.2, 0.25) is 10.0 Å². The van der Waals surface area contributed by atoms with E-state index in [1.165, 1.54) is 23.5 Å². The first kappa shape index (κ1) is 24.8. The summed E-state index contributed by atoms with van der Waals surface area (Å²) < 4.78 is 37.9. The monoisotopic (exact) mass is 448 g/mol. The number of carbonyl (C=O) groups is 1. The SMILES string of the molecule is CCN(Cc1ccc(C(=O)NCCCOC(C)C)cc1)S(=O)(=O)c1ccc(OC)cc1. The molecule has 2 aromatic carbocycles. The van der Waals surface area contributed by atoms with E-state index in [-0.39, 0.29) is 23.5 Å². The number of rotatable bonds is 12. The molecule has 0 bridgehead atoms. The molecule has 0 fully saturated rings. The molecule has 7 nitrogen and oxygen atoms in total. The standard InChI is InChI=1S/C23H32N2O5S/c1-5-25(31(27,28)22-13-11-21(29-4)12-14-22)17-19-7-9-20(10-8-19)23(26)24-15-6-16-30-18(2)3/h7-14,18H,5-6,15-17H2,1-4H3,(H,24,26). The van der Waals surface area contributed by atoms with E-state index < -0.39 is 10.0 Å². The summed E-state index contributed by atoms with van der Waals surface area (Å²) in [7, 11) is -2.10. The molecule has 0 aliphatic heterocycles. The van der Waals surface area contributed by atoms with Gasteiger partial charge in [-0.3, -0.25) is 4.79 Å². The van der Waals surface area contributed by atoms with Crippen molar-refractivity contribution in [2.75, 3.05) is 26.8 Å². The Bertz CT molecular complexity index is 925. The average molecular weight is 449 g/mol. The Morgan fingerprint density at radius 2 is 1.71 bits per heavy atom. The quantitative estimate of drug-likeness (QED) is 0.503. The number of nitrogens with zero attached hydrogens (tertiary/aromatic N) is 1. The number of methoxy groups -OCH3 is 1. The zero-order valence-electron chi connectivity index (χ0n) is 18.6. The van der Waals surface area contributed by atoms with Crippen molar-refractivity contribution < 1.29 is 22.7 Å². The van der Waals surface area contributed by atoms with E-state index in [4.69, 9.17) is 9.47 Å². The zero-order valence-corrected chi connectivity index (χ0v) is 19.4. The molecule has 8 heteroatoms. The fourth-order valence-electron chi connectivity index (χ4n) is 2.92. The van der Waals surface area contributed by atoms with Crippen molar-refractivity contribution in [1.82, 2.24) is 9.62 Å². The maximum Gasteiger partial charge on any atom is 0.251 e. The predicted octanol–water partition coefficient (Wildman–Crippen LogP) is 3.45. The summed E-state index contributed by atoms with van der Waals surface area (Å²) in [6.45, 7) is 7.44. The van der Waals surface area contributed by atoms with Gasteiger partial charge in [-0.1, -0.05) is 19.1 Å². The molecule has 0 aliphatic rings. The highest BCUT2D eigenvalue weighted by atomic mass is 32.2. The van der Waals surface area contributed by atoms with Crippen molar-refractivity contribution in [3.05, 3.63) is 59.7 Å². The van der Waals surface area contributed by atoms with Crippen LogP contribution in [0.1, 0.15) is 43.1 Å². The second kappa shape index (κ2) is 11.8. The van der Waals surface area contributed by atoms with E-state index in [0.717, 1.165) is 12.0 Å². The maximum atomic E-state index is 13.0. The molecule has 0 atom stereocenters. The van der Waals surface area contributed by atoms with Gasteiger partial charge in [0.25, 0.3) is 5.91 Å². The van der Waals surface area contributed by atoms with E-state index in [2.05, 4.69) is 5.32 Å². The number of ether oxygens (including phenoxy) is 2. The first-order valence-electron chi connectivity index (χ1n) is 10.4. The molecule has 1 amide bonds. The first-order valence-corrected chi connectivity index (χ1v) is 11.8. The summed E-state index contributed by atoms with van der Waals surface area (Å²) in [4.78, 5) is 12.5. The second-order valence-electron chi connectivity index (χ2n) is 7.33. The van der Waals surface area contributed by atoms with Gasteiger partial charge in [-0.05, 0) is 62.2 Å². The number of carbonyl (C=O) groups excluding carboxylic acids is 1. The van der Waals surface area contributed by atoms with Crippen LogP contribution >= 0.6 is 0 Å². The molecule has 2 rings (SSSR count). The third kappa shape index (κ3) is 7.34. The van der Waals surface area contributed by atoms with Crippen LogP contribution in [0.25, 0.3) is 0 Å². The minimum absolute atomic E-state index is 0.158. The van der Waals surface area contributed by atoms with Crippen molar-refractivity contribution >= 4 is 15.9 Å². The normalized spacial score (nSPS) is 11.7. The fourth-order valence-corrected chi connectivity index (χ4v) is 4.36.